The molecule has 6 nitrogen and oxygen atoms in total. The molecular weight excluding hydrogens is 574 g/mol. The number of aliphatic hydroxyl groups is 2. The second-order valence-corrected chi connectivity index (χ2v) is 13.3. The van der Waals surface area contributed by atoms with Crippen LogP contribution < -0.4 is 4.74 Å². The van der Waals surface area contributed by atoms with Gasteiger partial charge in [-0.3, -0.25) is 9.69 Å². The van der Waals surface area contributed by atoms with E-state index in [-0.39, 0.29) is 25.8 Å². The summed E-state index contributed by atoms with van der Waals surface area (Å²) in [6.07, 6.45) is 29.9. The van der Waals surface area contributed by atoms with E-state index in [1.54, 1.807) is 0 Å². The molecule has 1 rings (SSSR count). The fourth-order valence-corrected chi connectivity index (χ4v) is 6.07. The molecule has 0 aliphatic heterocycles. The molecular formula is C40H73NO5. The lowest BCUT2D eigenvalue weighted by Gasteiger charge is -2.19. The number of carbonyl (C=O) groups is 1. The zero-order valence-electron chi connectivity index (χ0n) is 30.2. The second-order valence-electron chi connectivity index (χ2n) is 13.3. The van der Waals surface area contributed by atoms with Crippen LogP contribution in [0.25, 0.3) is 0 Å². The van der Waals surface area contributed by atoms with E-state index in [1.807, 2.05) is 4.90 Å². The molecule has 0 aliphatic carbocycles. The van der Waals surface area contributed by atoms with Crippen LogP contribution in [0.1, 0.15) is 173 Å². The van der Waals surface area contributed by atoms with Gasteiger partial charge in [-0.25, -0.2) is 0 Å². The monoisotopic (exact) mass is 648 g/mol. The maximum atomic E-state index is 12.5. The highest BCUT2D eigenvalue weighted by Gasteiger charge is 2.11. The second kappa shape index (κ2) is 31.9. The van der Waals surface area contributed by atoms with E-state index < -0.39 is 0 Å². The minimum atomic E-state index is -0.224. The summed E-state index contributed by atoms with van der Waals surface area (Å²) in [7, 11) is 0. The van der Waals surface area contributed by atoms with Crippen molar-refractivity contribution in [3.05, 3.63) is 29.3 Å². The van der Waals surface area contributed by atoms with E-state index in [0.29, 0.717) is 39.1 Å². The van der Waals surface area contributed by atoms with E-state index in [0.717, 1.165) is 24.2 Å². The number of benzene rings is 1. The highest BCUT2D eigenvalue weighted by atomic mass is 16.5. The van der Waals surface area contributed by atoms with E-state index in [1.165, 1.54) is 134 Å². The molecule has 268 valence electrons. The van der Waals surface area contributed by atoms with E-state index in [4.69, 9.17) is 9.47 Å². The summed E-state index contributed by atoms with van der Waals surface area (Å²) in [5.74, 6) is 0.637. The summed E-state index contributed by atoms with van der Waals surface area (Å²) in [5, 5.41) is 18.4. The van der Waals surface area contributed by atoms with Gasteiger partial charge in [0.1, 0.15) is 12.4 Å². The maximum absolute atomic E-state index is 12.5. The summed E-state index contributed by atoms with van der Waals surface area (Å²) in [4.78, 5) is 14.4. The molecule has 0 aromatic heterocycles. The van der Waals surface area contributed by atoms with Crippen LogP contribution >= 0.6 is 0 Å². The van der Waals surface area contributed by atoms with Gasteiger partial charge in [0.15, 0.2) is 0 Å². The summed E-state index contributed by atoms with van der Waals surface area (Å²) < 4.78 is 11.9. The number of aryl methyl sites for hydroxylation is 1. The van der Waals surface area contributed by atoms with Crippen LogP contribution in [0.5, 0.6) is 5.75 Å². The van der Waals surface area contributed by atoms with Crippen LogP contribution in [0.4, 0.5) is 0 Å². The van der Waals surface area contributed by atoms with Crippen molar-refractivity contribution in [1.82, 2.24) is 4.90 Å². The quantitative estimate of drug-likeness (QED) is 0.0573. The predicted octanol–water partition coefficient (Wildman–Crippen LogP) is 9.95. The molecule has 6 heteroatoms. The fraction of sp³-hybridized carbons (Fsp3) is 0.825. The van der Waals surface area contributed by atoms with Gasteiger partial charge in [0, 0.05) is 25.1 Å². The molecule has 0 unspecified atom stereocenters. The van der Waals surface area contributed by atoms with Crippen LogP contribution in [-0.4, -0.2) is 60.5 Å². The molecule has 0 spiro atoms. The van der Waals surface area contributed by atoms with Crippen molar-refractivity contribution in [1.29, 1.82) is 0 Å². The van der Waals surface area contributed by atoms with Gasteiger partial charge >= 0.3 is 5.97 Å². The Balaban J connectivity index is 2.45. The van der Waals surface area contributed by atoms with Crippen molar-refractivity contribution >= 4 is 5.97 Å². The molecule has 0 amide bonds. The Morgan fingerprint density at radius 2 is 1.13 bits per heavy atom. The zero-order chi connectivity index (χ0) is 33.3. The lowest BCUT2D eigenvalue weighted by Crippen LogP contribution is -2.31. The molecule has 1 aromatic carbocycles. The Labute approximate surface area is 284 Å². The average Bonchev–Trinajstić information content (AvgIpc) is 3.06. The van der Waals surface area contributed by atoms with Crippen molar-refractivity contribution in [2.45, 2.75) is 175 Å². The number of rotatable bonds is 34. The first kappa shape index (κ1) is 42.4. The summed E-state index contributed by atoms with van der Waals surface area (Å²) in [6.45, 7) is 7.20. The van der Waals surface area contributed by atoms with Gasteiger partial charge < -0.3 is 19.7 Å². The summed E-state index contributed by atoms with van der Waals surface area (Å²) in [5.41, 5.74) is 2.24. The Morgan fingerprint density at radius 3 is 1.65 bits per heavy atom. The maximum Gasteiger partial charge on any atom is 0.306 e. The van der Waals surface area contributed by atoms with Crippen molar-refractivity contribution in [3.8, 4) is 5.75 Å². The lowest BCUT2D eigenvalue weighted by atomic mass is 10.0. The fourth-order valence-electron chi connectivity index (χ4n) is 6.07. The van der Waals surface area contributed by atoms with E-state index >= 15 is 0 Å². The zero-order valence-corrected chi connectivity index (χ0v) is 30.2. The van der Waals surface area contributed by atoms with Crippen LogP contribution in [0, 0.1) is 0 Å². The number of unbranched alkanes of at least 4 members (excludes halogenated alkanes) is 19. The number of nitrogens with zero attached hydrogens (tertiary/aromatic N) is 1. The topological polar surface area (TPSA) is 79.2 Å². The first-order valence-electron chi connectivity index (χ1n) is 19.5. The molecule has 1 aromatic rings. The number of aliphatic hydroxyl groups excluding tert-OH is 2. The van der Waals surface area contributed by atoms with Gasteiger partial charge in [0.05, 0.1) is 19.8 Å². The standard InChI is InChI=1S/C40H73NO5/c1-3-5-7-9-11-13-14-15-16-17-18-20-22-25-37-27-28-38(36-46-40(44)26-24-29-41(30-32-42)31-33-43)39(35-37)45-34-23-21-19-12-10-8-6-4-2/h27-28,35,42-43H,3-26,29-34,36H2,1-2H3. The summed E-state index contributed by atoms with van der Waals surface area (Å²) >= 11 is 0. The number of carbonyl (C=O) groups excluding carboxylic acids is 1. The van der Waals surface area contributed by atoms with Gasteiger partial charge in [-0.2, -0.15) is 0 Å². The highest BCUT2D eigenvalue weighted by molar-refractivity contribution is 5.69. The number of ether oxygens (including phenoxy) is 2. The molecule has 0 fully saturated rings. The Hall–Kier alpha value is -1.63. The Morgan fingerprint density at radius 1 is 0.630 bits per heavy atom. The number of esters is 1. The first-order valence-corrected chi connectivity index (χ1v) is 19.5. The highest BCUT2D eigenvalue weighted by Crippen LogP contribution is 2.24. The smallest absolute Gasteiger partial charge is 0.306 e. The van der Waals surface area contributed by atoms with Gasteiger partial charge in [-0.1, -0.05) is 148 Å². The van der Waals surface area contributed by atoms with Crippen LogP contribution in [-0.2, 0) is 22.6 Å². The van der Waals surface area contributed by atoms with E-state index in [2.05, 4.69) is 32.0 Å². The van der Waals surface area contributed by atoms with Crippen molar-refractivity contribution in [2.24, 2.45) is 0 Å². The lowest BCUT2D eigenvalue weighted by molar-refractivity contribution is -0.145. The van der Waals surface area contributed by atoms with Crippen LogP contribution in [0.2, 0.25) is 0 Å². The molecule has 0 heterocycles. The van der Waals surface area contributed by atoms with Gasteiger partial charge in [0.2, 0.25) is 0 Å². The van der Waals surface area contributed by atoms with E-state index in [9.17, 15) is 15.0 Å². The third kappa shape index (κ3) is 24.5. The molecule has 46 heavy (non-hydrogen) atoms. The summed E-state index contributed by atoms with van der Waals surface area (Å²) in [6, 6.07) is 6.43. The Kier molecular flexibility index (Phi) is 29.4. The van der Waals surface area contributed by atoms with Gasteiger partial charge in [-0.05, 0) is 43.9 Å². The average molecular weight is 648 g/mol. The van der Waals surface area contributed by atoms with Crippen molar-refractivity contribution < 1.29 is 24.5 Å². The van der Waals surface area contributed by atoms with Crippen molar-refractivity contribution in [3.63, 3.8) is 0 Å². The molecule has 0 saturated heterocycles. The van der Waals surface area contributed by atoms with Gasteiger partial charge in [-0.15, -0.1) is 0 Å². The SMILES string of the molecule is CCCCCCCCCCCCCCCc1ccc(COC(=O)CCCN(CCO)CCO)c(OCCCCCCCCCC)c1. The third-order valence-corrected chi connectivity index (χ3v) is 9.03. The molecule has 0 radical (unpaired) electrons. The molecule has 0 aliphatic rings. The number of hydrogen-bond donors (Lipinski definition) is 2. The first-order chi connectivity index (χ1) is 22.6. The molecule has 2 N–H and O–H groups in total. The Bertz CT molecular complexity index is 811. The molecule has 0 atom stereocenters. The molecule has 0 saturated carbocycles. The minimum absolute atomic E-state index is 0.0432. The predicted molar refractivity (Wildman–Crippen MR) is 194 cm³/mol. The molecule has 0 bridgehead atoms. The van der Waals surface area contributed by atoms with Crippen LogP contribution in [0.3, 0.4) is 0 Å². The minimum Gasteiger partial charge on any atom is -0.493 e. The normalized spacial score (nSPS) is 11.4. The number of hydrogen-bond acceptors (Lipinski definition) is 6. The largest absolute Gasteiger partial charge is 0.493 e. The third-order valence-electron chi connectivity index (χ3n) is 9.03. The van der Waals surface area contributed by atoms with Gasteiger partial charge in [0.25, 0.3) is 0 Å². The van der Waals surface area contributed by atoms with Crippen molar-refractivity contribution in [2.75, 3.05) is 39.5 Å². The van der Waals surface area contributed by atoms with Crippen LogP contribution in [0.15, 0.2) is 18.2 Å².